The van der Waals surface area contributed by atoms with Gasteiger partial charge in [-0.15, -0.1) is 0 Å². The van der Waals surface area contributed by atoms with E-state index >= 15 is 0 Å². The minimum absolute atomic E-state index is 0.0119. The van der Waals surface area contributed by atoms with Gasteiger partial charge in [-0.1, -0.05) is 18.2 Å². The fourth-order valence-corrected chi connectivity index (χ4v) is 4.47. The van der Waals surface area contributed by atoms with Crippen molar-refractivity contribution in [3.63, 3.8) is 0 Å². The molecule has 0 spiro atoms. The quantitative estimate of drug-likeness (QED) is 0.385. The Morgan fingerprint density at radius 2 is 1.97 bits per heavy atom. The van der Waals surface area contributed by atoms with Crippen LogP contribution >= 0.6 is 0 Å². The van der Waals surface area contributed by atoms with Gasteiger partial charge in [0.25, 0.3) is 0 Å². The van der Waals surface area contributed by atoms with Crippen LogP contribution in [0.2, 0.25) is 0 Å². The average molecular weight is 439 g/mol. The number of sulfone groups is 1. The molecular formula is C21H34N4O4S. The second-order valence-electron chi connectivity index (χ2n) is 8.30. The number of aliphatic imine (C=N–C) groups is 1. The Morgan fingerprint density at radius 3 is 2.60 bits per heavy atom. The largest absolute Gasteiger partial charge is 0.444 e. The highest BCUT2D eigenvalue weighted by atomic mass is 32.2. The van der Waals surface area contributed by atoms with Gasteiger partial charge in [0.1, 0.15) is 5.60 Å². The Hall–Kier alpha value is -2.29. The smallest absolute Gasteiger partial charge is 0.407 e. The first-order valence-electron chi connectivity index (χ1n) is 10.4. The second kappa shape index (κ2) is 10.7. The molecule has 9 heteroatoms. The predicted molar refractivity (Wildman–Crippen MR) is 118 cm³/mol. The van der Waals surface area contributed by atoms with E-state index in [1.807, 2.05) is 27.7 Å². The zero-order valence-electron chi connectivity index (χ0n) is 18.3. The van der Waals surface area contributed by atoms with Crippen molar-refractivity contribution in [2.45, 2.75) is 57.1 Å². The molecule has 1 aliphatic rings. The number of carbonyl (C=O) groups is 1. The summed E-state index contributed by atoms with van der Waals surface area (Å²) in [5.41, 5.74) is -0.529. The van der Waals surface area contributed by atoms with Crippen LogP contribution < -0.4 is 10.6 Å². The van der Waals surface area contributed by atoms with Crippen molar-refractivity contribution >= 4 is 21.9 Å². The maximum atomic E-state index is 12.4. The maximum absolute atomic E-state index is 12.4. The topological polar surface area (TPSA) is 100 Å². The fourth-order valence-electron chi connectivity index (χ4n) is 3.16. The lowest BCUT2D eigenvalue weighted by Gasteiger charge is -2.23. The van der Waals surface area contributed by atoms with Crippen LogP contribution in [0.4, 0.5) is 4.79 Å². The van der Waals surface area contributed by atoms with E-state index in [9.17, 15) is 13.2 Å². The van der Waals surface area contributed by atoms with Crippen molar-refractivity contribution in [1.29, 1.82) is 0 Å². The summed E-state index contributed by atoms with van der Waals surface area (Å²) in [7, 11) is -3.29. The Kier molecular flexibility index (Phi) is 8.52. The molecule has 1 saturated heterocycles. The normalized spacial score (nSPS) is 17.7. The molecule has 0 saturated carbocycles. The molecule has 2 N–H and O–H groups in total. The third kappa shape index (κ3) is 7.85. The van der Waals surface area contributed by atoms with Crippen LogP contribution in [0.5, 0.6) is 0 Å². The molecule has 1 heterocycles. The molecule has 1 aromatic rings. The molecular weight excluding hydrogens is 404 g/mol. The van der Waals surface area contributed by atoms with Gasteiger partial charge in [-0.3, -0.25) is 4.99 Å². The number of benzene rings is 1. The van der Waals surface area contributed by atoms with Crippen LogP contribution in [0, 0.1) is 0 Å². The summed E-state index contributed by atoms with van der Waals surface area (Å²) in [4.78, 5) is 19.0. The Morgan fingerprint density at radius 1 is 1.27 bits per heavy atom. The highest BCUT2D eigenvalue weighted by molar-refractivity contribution is 7.91. The number of nitrogens with one attached hydrogen (secondary N) is 2. The lowest BCUT2D eigenvalue weighted by Crippen LogP contribution is -2.44. The molecule has 1 fully saturated rings. The monoisotopic (exact) mass is 438 g/mol. The van der Waals surface area contributed by atoms with Crippen LogP contribution in [0.25, 0.3) is 0 Å². The number of carbonyl (C=O) groups excluding carboxylic acids is 1. The molecule has 0 aliphatic carbocycles. The van der Waals surface area contributed by atoms with Crippen LogP contribution in [-0.4, -0.2) is 68.9 Å². The number of ether oxygens (including phenoxy) is 1. The number of hydrogen-bond acceptors (Lipinski definition) is 5. The van der Waals surface area contributed by atoms with Gasteiger partial charge in [0.05, 0.1) is 16.7 Å². The zero-order chi connectivity index (χ0) is 22.2. The fraction of sp³-hybridized carbons (Fsp3) is 0.619. The van der Waals surface area contributed by atoms with E-state index in [1.165, 1.54) is 0 Å². The van der Waals surface area contributed by atoms with Crippen molar-refractivity contribution in [2.75, 3.05) is 31.9 Å². The number of hydrogen-bond donors (Lipinski definition) is 2. The molecule has 1 unspecified atom stereocenters. The van der Waals surface area contributed by atoms with Crippen molar-refractivity contribution in [1.82, 2.24) is 15.5 Å². The third-order valence-electron chi connectivity index (χ3n) is 4.48. The average Bonchev–Trinajstić information content (AvgIpc) is 3.11. The molecule has 1 aliphatic heterocycles. The van der Waals surface area contributed by atoms with E-state index in [1.54, 1.807) is 30.3 Å². The SMILES string of the molecule is CCNC(=NCCCS(=O)(=O)c1ccccc1)N1CCC(NC(=O)OC(C)(C)C)C1. The van der Waals surface area contributed by atoms with Crippen LogP contribution in [0.1, 0.15) is 40.5 Å². The lowest BCUT2D eigenvalue weighted by molar-refractivity contribution is 0.0507. The van der Waals surface area contributed by atoms with Gasteiger partial charge in [-0.2, -0.15) is 0 Å². The summed E-state index contributed by atoms with van der Waals surface area (Å²) in [6.45, 7) is 10.0. The van der Waals surface area contributed by atoms with Gasteiger partial charge in [0, 0.05) is 26.2 Å². The summed E-state index contributed by atoms with van der Waals surface area (Å²) < 4.78 is 30.1. The summed E-state index contributed by atoms with van der Waals surface area (Å²) in [6, 6.07) is 8.47. The first kappa shape index (κ1) is 24.0. The van der Waals surface area contributed by atoms with E-state index in [-0.39, 0.29) is 11.8 Å². The van der Waals surface area contributed by atoms with Crippen molar-refractivity contribution in [3.05, 3.63) is 30.3 Å². The summed E-state index contributed by atoms with van der Waals surface area (Å²) in [5, 5.41) is 6.15. The van der Waals surface area contributed by atoms with Crippen molar-refractivity contribution < 1.29 is 17.9 Å². The molecule has 1 aromatic carbocycles. The minimum Gasteiger partial charge on any atom is -0.444 e. The van der Waals surface area contributed by atoms with Gasteiger partial charge >= 0.3 is 6.09 Å². The minimum atomic E-state index is -3.29. The van der Waals surface area contributed by atoms with Gasteiger partial charge < -0.3 is 20.3 Å². The Balaban J connectivity index is 1.86. The predicted octanol–water partition coefficient (Wildman–Crippen LogP) is 2.41. The number of nitrogens with zero attached hydrogens (tertiary/aromatic N) is 2. The molecule has 8 nitrogen and oxygen atoms in total. The Bertz CT molecular complexity index is 819. The molecule has 2 rings (SSSR count). The van der Waals surface area contributed by atoms with E-state index < -0.39 is 21.5 Å². The van der Waals surface area contributed by atoms with Gasteiger partial charge in [0.2, 0.25) is 0 Å². The molecule has 0 aromatic heterocycles. The number of guanidine groups is 1. The summed E-state index contributed by atoms with van der Waals surface area (Å²) in [6.07, 6.45) is 0.827. The third-order valence-corrected chi connectivity index (χ3v) is 6.30. The van der Waals surface area contributed by atoms with Crippen LogP contribution in [0.3, 0.4) is 0 Å². The zero-order valence-corrected chi connectivity index (χ0v) is 19.2. The van der Waals surface area contributed by atoms with Crippen molar-refractivity contribution in [2.24, 2.45) is 4.99 Å². The molecule has 0 radical (unpaired) electrons. The van der Waals surface area contributed by atoms with Gasteiger partial charge in [-0.05, 0) is 52.7 Å². The highest BCUT2D eigenvalue weighted by Gasteiger charge is 2.27. The van der Waals surface area contributed by atoms with E-state index in [0.29, 0.717) is 31.0 Å². The van der Waals surface area contributed by atoms with Gasteiger partial charge in [0.15, 0.2) is 15.8 Å². The van der Waals surface area contributed by atoms with Crippen molar-refractivity contribution in [3.8, 4) is 0 Å². The molecule has 168 valence electrons. The summed E-state index contributed by atoms with van der Waals surface area (Å²) in [5.74, 6) is 0.797. The molecule has 1 amide bonds. The summed E-state index contributed by atoms with van der Waals surface area (Å²) >= 11 is 0. The highest BCUT2D eigenvalue weighted by Crippen LogP contribution is 2.13. The number of rotatable bonds is 7. The molecule has 30 heavy (non-hydrogen) atoms. The first-order chi connectivity index (χ1) is 14.1. The molecule has 1 atom stereocenters. The second-order valence-corrected chi connectivity index (χ2v) is 10.4. The standard InChI is InChI=1S/C21H34N4O4S/c1-5-22-19(23-13-9-15-30(27,28)18-10-7-6-8-11-18)25-14-12-17(16-25)24-20(26)29-21(2,3)4/h6-8,10-11,17H,5,9,12-16H2,1-4H3,(H,22,23)(H,24,26). The van der Waals surface area contributed by atoms with Crippen LogP contribution in [-0.2, 0) is 14.6 Å². The first-order valence-corrected chi connectivity index (χ1v) is 12.1. The number of alkyl carbamates (subject to hydrolysis) is 1. The number of amides is 1. The molecule has 0 bridgehead atoms. The van der Waals surface area contributed by atoms with E-state index in [2.05, 4.69) is 20.5 Å². The van der Waals surface area contributed by atoms with Crippen LogP contribution in [0.15, 0.2) is 40.2 Å². The Labute approximate surface area is 180 Å². The number of likely N-dealkylation sites (tertiary alicyclic amines) is 1. The van der Waals surface area contributed by atoms with Gasteiger partial charge in [-0.25, -0.2) is 13.2 Å². The van der Waals surface area contributed by atoms with E-state index in [0.717, 1.165) is 18.9 Å². The van der Waals surface area contributed by atoms with E-state index in [4.69, 9.17) is 4.74 Å². The lowest BCUT2D eigenvalue weighted by atomic mass is 10.2. The maximum Gasteiger partial charge on any atom is 0.407 e.